The summed E-state index contributed by atoms with van der Waals surface area (Å²) in [5, 5.41) is 2.85. The van der Waals surface area contributed by atoms with Crippen LogP contribution in [0.25, 0.3) is 0 Å². The molecule has 27 heavy (non-hydrogen) atoms. The highest BCUT2D eigenvalue weighted by Gasteiger charge is 2.37. The quantitative estimate of drug-likeness (QED) is 0.800. The van der Waals surface area contributed by atoms with Crippen LogP contribution in [0.15, 0.2) is 18.2 Å². The summed E-state index contributed by atoms with van der Waals surface area (Å²) in [5.74, 6) is -1.68. The molecule has 1 N–H and O–H groups in total. The average molecular weight is 379 g/mol. The van der Waals surface area contributed by atoms with Gasteiger partial charge in [0.25, 0.3) is 0 Å². The Bertz CT molecular complexity index is 682. The SMILES string of the molecule is CC1CC(C)CN(CCNC(=O)C2CCN(c3cc(F)cc(F)c3)C2=O)C1. The minimum atomic E-state index is -0.796. The smallest absolute Gasteiger partial charge is 0.239 e. The van der Waals surface area contributed by atoms with Crippen molar-refractivity contribution in [2.75, 3.05) is 37.6 Å². The number of anilines is 1. The van der Waals surface area contributed by atoms with Gasteiger partial charge < -0.3 is 15.1 Å². The molecule has 5 nitrogen and oxygen atoms in total. The second-order valence-corrected chi connectivity index (χ2v) is 7.96. The van der Waals surface area contributed by atoms with Crippen LogP contribution in [0.3, 0.4) is 0 Å². The normalized spacial score (nSPS) is 26.4. The van der Waals surface area contributed by atoms with E-state index in [0.29, 0.717) is 24.8 Å². The number of likely N-dealkylation sites (tertiary alicyclic amines) is 1. The summed E-state index contributed by atoms with van der Waals surface area (Å²) in [6.07, 6.45) is 1.58. The first kappa shape index (κ1) is 19.7. The Morgan fingerprint density at radius 1 is 1.15 bits per heavy atom. The second kappa shape index (κ2) is 8.33. The van der Waals surface area contributed by atoms with Gasteiger partial charge in [0.1, 0.15) is 17.6 Å². The Kier molecular flexibility index (Phi) is 6.09. The first-order valence-electron chi connectivity index (χ1n) is 9.61. The van der Waals surface area contributed by atoms with Gasteiger partial charge in [0.15, 0.2) is 0 Å². The van der Waals surface area contributed by atoms with Gasteiger partial charge in [-0.25, -0.2) is 8.78 Å². The fourth-order valence-corrected chi connectivity index (χ4v) is 4.31. The van der Waals surface area contributed by atoms with Gasteiger partial charge in [0.2, 0.25) is 11.8 Å². The topological polar surface area (TPSA) is 52.7 Å². The number of carbonyl (C=O) groups excluding carboxylic acids is 2. The second-order valence-electron chi connectivity index (χ2n) is 7.96. The van der Waals surface area contributed by atoms with Gasteiger partial charge in [0.05, 0.1) is 0 Å². The van der Waals surface area contributed by atoms with Gasteiger partial charge >= 0.3 is 0 Å². The zero-order valence-corrected chi connectivity index (χ0v) is 15.9. The van der Waals surface area contributed by atoms with Crippen molar-refractivity contribution in [3.8, 4) is 0 Å². The number of amides is 2. The molecule has 0 aromatic heterocycles. The highest BCUT2D eigenvalue weighted by Crippen LogP contribution is 2.27. The van der Waals surface area contributed by atoms with E-state index < -0.39 is 23.5 Å². The number of rotatable bonds is 5. The standard InChI is InChI=1S/C20H27F2N3O2/c1-13-7-14(2)12-24(11-13)6-4-23-19(26)18-3-5-25(20(18)27)17-9-15(21)8-16(22)10-17/h8-10,13-14,18H,3-7,11-12H2,1-2H3,(H,23,26). The summed E-state index contributed by atoms with van der Waals surface area (Å²) in [6, 6.07) is 2.98. The van der Waals surface area contributed by atoms with E-state index in [1.54, 1.807) is 0 Å². The molecule has 3 rings (SSSR count). The third-order valence-corrected chi connectivity index (χ3v) is 5.35. The molecule has 1 aromatic rings. The fraction of sp³-hybridized carbons (Fsp3) is 0.600. The minimum Gasteiger partial charge on any atom is -0.354 e. The lowest BCUT2D eigenvalue weighted by atomic mass is 9.92. The third-order valence-electron chi connectivity index (χ3n) is 5.35. The fourth-order valence-electron chi connectivity index (χ4n) is 4.31. The molecule has 0 saturated carbocycles. The number of hydrogen-bond donors (Lipinski definition) is 1. The number of halogens is 2. The van der Waals surface area contributed by atoms with Gasteiger partial charge in [-0.05, 0) is 36.8 Å². The molecule has 2 aliphatic rings. The van der Waals surface area contributed by atoms with E-state index in [-0.39, 0.29) is 18.1 Å². The Morgan fingerprint density at radius 3 is 2.41 bits per heavy atom. The van der Waals surface area contributed by atoms with E-state index in [2.05, 4.69) is 24.1 Å². The molecule has 0 aliphatic carbocycles. The van der Waals surface area contributed by atoms with Crippen molar-refractivity contribution in [3.63, 3.8) is 0 Å². The van der Waals surface area contributed by atoms with Gasteiger partial charge in [-0.3, -0.25) is 9.59 Å². The Hall–Kier alpha value is -2.02. The van der Waals surface area contributed by atoms with E-state index in [1.807, 2.05) is 0 Å². The average Bonchev–Trinajstić information content (AvgIpc) is 2.94. The van der Waals surface area contributed by atoms with E-state index in [9.17, 15) is 18.4 Å². The van der Waals surface area contributed by atoms with Crippen molar-refractivity contribution < 1.29 is 18.4 Å². The summed E-state index contributed by atoms with van der Waals surface area (Å²) in [7, 11) is 0. The monoisotopic (exact) mass is 379 g/mol. The molecule has 2 fully saturated rings. The largest absolute Gasteiger partial charge is 0.354 e. The van der Waals surface area contributed by atoms with Gasteiger partial charge in [0, 0.05) is 44.5 Å². The van der Waals surface area contributed by atoms with Crippen LogP contribution in [0.2, 0.25) is 0 Å². The lowest BCUT2D eigenvalue weighted by Crippen LogP contribution is -2.44. The van der Waals surface area contributed by atoms with Crippen molar-refractivity contribution in [2.24, 2.45) is 17.8 Å². The van der Waals surface area contributed by atoms with Crippen LogP contribution in [0.4, 0.5) is 14.5 Å². The summed E-state index contributed by atoms with van der Waals surface area (Å²) in [5.41, 5.74) is 0.157. The van der Waals surface area contributed by atoms with Crippen LogP contribution in [-0.4, -0.2) is 49.4 Å². The van der Waals surface area contributed by atoms with Crippen molar-refractivity contribution >= 4 is 17.5 Å². The van der Waals surface area contributed by atoms with E-state index in [1.165, 1.54) is 11.3 Å². The molecule has 3 unspecified atom stereocenters. The van der Waals surface area contributed by atoms with Crippen LogP contribution in [0.1, 0.15) is 26.7 Å². The molecule has 0 spiro atoms. The maximum absolute atomic E-state index is 13.4. The molecular formula is C20H27F2N3O2. The zero-order valence-electron chi connectivity index (χ0n) is 15.9. The van der Waals surface area contributed by atoms with Crippen LogP contribution >= 0.6 is 0 Å². The van der Waals surface area contributed by atoms with Gasteiger partial charge in [-0.2, -0.15) is 0 Å². The number of carbonyl (C=O) groups is 2. The summed E-state index contributed by atoms with van der Waals surface area (Å²) in [4.78, 5) is 28.6. The molecular weight excluding hydrogens is 352 g/mol. The molecule has 148 valence electrons. The molecule has 2 saturated heterocycles. The molecule has 2 aliphatic heterocycles. The predicted molar refractivity (Wildman–Crippen MR) is 99.2 cm³/mol. The Balaban J connectivity index is 1.51. The Morgan fingerprint density at radius 2 is 1.78 bits per heavy atom. The van der Waals surface area contributed by atoms with Gasteiger partial charge in [-0.15, -0.1) is 0 Å². The lowest BCUT2D eigenvalue weighted by Gasteiger charge is -2.34. The molecule has 2 amide bonds. The van der Waals surface area contributed by atoms with E-state index in [4.69, 9.17) is 0 Å². The van der Waals surface area contributed by atoms with Crippen molar-refractivity contribution in [3.05, 3.63) is 29.8 Å². The molecule has 3 atom stereocenters. The van der Waals surface area contributed by atoms with E-state index in [0.717, 1.165) is 37.8 Å². The third kappa shape index (κ3) is 4.83. The first-order valence-corrected chi connectivity index (χ1v) is 9.61. The molecule has 2 heterocycles. The van der Waals surface area contributed by atoms with Gasteiger partial charge in [-0.1, -0.05) is 13.8 Å². The molecule has 1 aromatic carbocycles. The predicted octanol–water partition coefficient (Wildman–Crippen LogP) is 2.41. The maximum Gasteiger partial charge on any atom is 0.239 e. The maximum atomic E-state index is 13.4. The summed E-state index contributed by atoms with van der Waals surface area (Å²) < 4.78 is 26.8. The molecule has 0 bridgehead atoms. The first-order chi connectivity index (χ1) is 12.8. The Labute approximate surface area is 158 Å². The van der Waals surface area contributed by atoms with Crippen LogP contribution in [0.5, 0.6) is 0 Å². The number of benzene rings is 1. The lowest BCUT2D eigenvalue weighted by molar-refractivity contribution is -0.132. The van der Waals surface area contributed by atoms with Crippen LogP contribution < -0.4 is 10.2 Å². The number of hydrogen-bond acceptors (Lipinski definition) is 3. The van der Waals surface area contributed by atoms with E-state index >= 15 is 0 Å². The summed E-state index contributed by atoms with van der Waals surface area (Å²) in [6.45, 7) is 8.07. The van der Waals surface area contributed by atoms with Crippen molar-refractivity contribution in [2.45, 2.75) is 26.7 Å². The molecule has 7 heteroatoms. The van der Waals surface area contributed by atoms with Crippen LogP contribution in [-0.2, 0) is 9.59 Å². The number of nitrogens with one attached hydrogen (secondary N) is 1. The number of nitrogens with zero attached hydrogens (tertiary/aromatic N) is 2. The van der Waals surface area contributed by atoms with Crippen LogP contribution in [0, 0.1) is 29.4 Å². The highest BCUT2D eigenvalue weighted by atomic mass is 19.1. The minimum absolute atomic E-state index is 0.157. The molecule has 0 radical (unpaired) electrons. The van der Waals surface area contributed by atoms with Crippen molar-refractivity contribution in [1.82, 2.24) is 10.2 Å². The van der Waals surface area contributed by atoms with Crippen molar-refractivity contribution in [1.29, 1.82) is 0 Å². The zero-order chi connectivity index (χ0) is 19.6. The highest BCUT2D eigenvalue weighted by molar-refractivity contribution is 6.09. The summed E-state index contributed by atoms with van der Waals surface area (Å²) >= 11 is 0. The number of piperidine rings is 1.